The quantitative estimate of drug-likeness (QED) is 0.621. The van der Waals surface area contributed by atoms with E-state index in [1.807, 2.05) is 31.2 Å². The number of aryl methyl sites for hydroxylation is 1. The van der Waals surface area contributed by atoms with Crippen LogP contribution in [0.5, 0.6) is 0 Å². The first kappa shape index (κ1) is 23.6. The molecule has 1 aliphatic rings. The molecule has 0 unspecified atom stereocenters. The Hall–Kier alpha value is -3.06. The maximum Gasteiger partial charge on any atom is 0.321 e. The van der Waals surface area contributed by atoms with Crippen LogP contribution in [0.2, 0.25) is 5.02 Å². The summed E-state index contributed by atoms with van der Waals surface area (Å²) in [6.45, 7) is 4.46. The number of urea groups is 1. The highest BCUT2D eigenvalue weighted by Gasteiger charge is 2.27. The lowest BCUT2D eigenvalue weighted by Gasteiger charge is -2.33. The van der Waals surface area contributed by atoms with Gasteiger partial charge in [0, 0.05) is 43.2 Å². The zero-order chi connectivity index (χ0) is 23.1. The minimum atomic E-state index is -0.641. The molecule has 0 bridgehead atoms. The van der Waals surface area contributed by atoms with Crippen molar-refractivity contribution in [3.05, 3.63) is 64.7 Å². The van der Waals surface area contributed by atoms with Gasteiger partial charge < -0.3 is 20.9 Å². The monoisotopic (exact) mass is 456 g/mol. The van der Waals surface area contributed by atoms with Crippen molar-refractivity contribution in [3.8, 4) is 0 Å². The van der Waals surface area contributed by atoms with Crippen LogP contribution in [0.4, 0.5) is 10.5 Å². The summed E-state index contributed by atoms with van der Waals surface area (Å²) in [4.78, 5) is 38.8. The summed E-state index contributed by atoms with van der Waals surface area (Å²) in [5, 5.41) is 9.23. The molecule has 2 aromatic rings. The number of hydrogen-bond donors (Lipinski definition) is 3. The Balaban J connectivity index is 1.53. The van der Waals surface area contributed by atoms with Gasteiger partial charge in [0.2, 0.25) is 11.8 Å². The lowest BCUT2D eigenvalue weighted by Crippen LogP contribution is -2.53. The Bertz CT molecular complexity index is 973. The SMILES string of the molecule is CC(=O)N[C@H](Cc1ccccc1C)C(=O)NC1CCN(C(=O)Nc2cccc(Cl)c2)CC1. The van der Waals surface area contributed by atoms with Gasteiger partial charge in [0.15, 0.2) is 0 Å². The first-order valence-corrected chi connectivity index (χ1v) is 11.1. The number of carbonyl (C=O) groups excluding carboxylic acids is 3. The third-order valence-corrected chi connectivity index (χ3v) is 5.82. The van der Waals surface area contributed by atoms with Crippen LogP contribution in [-0.4, -0.2) is 47.9 Å². The van der Waals surface area contributed by atoms with Crippen molar-refractivity contribution < 1.29 is 14.4 Å². The minimum Gasteiger partial charge on any atom is -0.351 e. The molecule has 0 aliphatic carbocycles. The summed E-state index contributed by atoms with van der Waals surface area (Å²) in [5.41, 5.74) is 2.75. The number of benzene rings is 2. The molecule has 3 N–H and O–H groups in total. The molecule has 1 fully saturated rings. The number of carbonyl (C=O) groups is 3. The summed E-state index contributed by atoms with van der Waals surface area (Å²) in [7, 11) is 0. The van der Waals surface area contributed by atoms with Gasteiger partial charge in [-0.2, -0.15) is 0 Å². The summed E-state index contributed by atoms with van der Waals surface area (Å²) in [6.07, 6.45) is 1.72. The maximum absolute atomic E-state index is 12.9. The van der Waals surface area contributed by atoms with E-state index in [4.69, 9.17) is 11.6 Å². The summed E-state index contributed by atoms with van der Waals surface area (Å²) >= 11 is 5.97. The van der Waals surface area contributed by atoms with E-state index in [1.165, 1.54) is 6.92 Å². The van der Waals surface area contributed by atoms with Gasteiger partial charge in [-0.25, -0.2) is 4.79 Å². The first-order chi connectivity index (χ1) is 15.3. The van der Waals surface area contributed by atoms with Gasteiger partial charge in [-0.3, -0.25) is 9.59 Å². The van der Waals surface area contributed by atoms with E-state index in [1.54, 1.807) is 29.2 Å². The van der Waals surface area contributed by atoms with E-state index in [0.717, 1.165) is 11.1 Å². The molecular weight excluding hydrogens is 428 g/mol. The smallest absolute Gasteiger partial charge is 0.321 e. The van der Waals surface area contributed by atoms with Crippen molar-refractivity contribution in [2.24, 2.45) is 0 Å². The zero-order valence-electron chi connectivity index (χ0n) is 18.4. The minimum absolute atomic E-state index is 0.0501. The first-order valence-electron chi connectivity index (χ1n) is 10.8. The van der Waals surface area contributed by atoms with Crippen molar-refractivity contribution >= 4 is 35.1 Å². The average Bonchev–Trinajstić information content (AvgIpc) is 2.75. The van der Waals surface area contributed by atoms with Gasteiger partial charge >= 0.3 is 6.03 Å². The van der Waals surface area contributed by atoms with Crippen LogP contribution in [0.15, 0.2) is 48.5 Å². The molecule has 1 heterocycles. The topological polar surface area (TPSA) is 90.5 Å². The van der Waals surface area contributed by atoms with Crippen LogP contribution in [0.25, 0.3) is 0 Å². The molecular formula is C24H29ClN4O3. The number of piperidine rings is 1. The van der Waals surface area contributed by atoms with Crippen molar-refractivity contribution in [2.75, 3.05) is 18.4 Å². The molecule has 7 nitrogen and oxygen atoms in total. The molecule has 1 saturated heterocycles. The van der Waals surface area contributed by atoms with Crippen LogP contribution in [-0.2, 0) is 16.0 Å². The van der Waals surface area contributed by atoms with Crippen LogP contribution in [0.3, 0.4) is 0 Å². The second-order valence-corrected chi connectivity index (χ2v) is 8.53. The van der Waals surface area contributed by atoms with Gasteiger partial charge in [-0.05, 0) is 49.1 Å². The maximum atomic E-state index is 12.9. The molecule has 1 atom stereocenters. The third-order valence-electron chi connectivity index (χ3n) is 5.58. The third kappa shape index (κ3) is 6.72. The Morgan fingerprint density at radius 3 is 2.47 bits per heavy atom. The van der Waals surface area contributed by atoms with E-state index in [2.05, 4.69) is 16.0 Å². The molecule has 2 aromatic carbocycles. The Morgan fingerprint density at radius 1 is 1.09 bits per heavy atom. The van der Waals surface area contributed by atoms with E-state index in [0.29, 0.717) is 43.1 Å². The van der Waals surface area contributed by atoms with E-state index in [-0.39, 0.29) is 23.9 Å². The second kappa shape index (κ2) is 11.0. The highest BCUT2D eigenvalue weighted by atomic mass is 35.5. The van der Waals surface area contributed by atoms with Gasteiger partial charge in [-0.1, -0.05) is 41.9 Å². The van der Waals surface area contributed by atoms with Gasteiger partial charge in [-0.15, -0.1) is 0 Å². The Labute approximate surface area is 193 Å². The molecule has 170 valence electrons. The number of anilines is 1. The zero-order valence-corrected chi connectivity index (χ0v) is 19.1. The Kier molecular flexibility index (Phi) is 8.11. The molecule has 1 aliphatic heterocycles. The van der Waals surface area contributed by atoms with Crippen LogP contribution in [0.1, 0.15) is 30.9 Å². The van der Waals surface area contributed by atoms with Crippen LogP contribution < -0.4 is 16.0 Å². The number of likely N-dealkylation sites (tertiary alicyclic amines) is 1. The van der Waals surface area contributed by atoms with Crippen molar-refractivity contribution in [1.29, 1.82) is 0 Å². The highest BCUT2D eigenvalue weighted by Crippen LogP contribution is 2.17. The molecule has 32 heavy (non-hydrogen) atoms. The van der Waals surface area contributed by atoms with Gasteiger partial charge in [0.25, 0.3) is 0 Å². The molecule has 4 amide bonds. The molecule has 0 radical (unpaired) electrons. The molecule has 0 spiro atoms. The molecule has 3 rings (SSSR count). The molecule has 0 aromatic heterocycles. The Morgan fingerprint density at radius 2 is 1.81 bits per heavy atom. The number of amides is 4. The van der Waals surface area contributed by atoms with Gasteiger partial charge in [0.1, 0.15) is 6.04 Å². The lowest BCUT2D eigenvalue weighted by atomic mass is 9.99. The molecule has 0 saturated carbocycles. The van der Waals surface area contributed by atoms with E-state index in [9.17, 15) is 14.4 Å². The summed E-state index contributed by atoms with van der Waals surface area (Å²) < 4.78 is 0. The van der Waals surface area contributed by atoms with Crippen LogP contribution in [0, 0.1) is 6.92 Å². The van der Waals surface area contributed by atoms with E-state index < -0.39 is 6.04 Å². The second-order valence-electron chi connectivity index (χ2n) is 8.09. The highest BCUT2D eigenvalue weighted by molar-refractivity contribution is 6.30. The summed E-state index contributed by atoms with van der Waals surface area (Å²) in [6, 6.07) is 14.0. The van der Waals surface area contributed by atoms with Crippen molar-refractivity contribution in [2.45, 2.75) is 45.2 Å². The van der Waals surface area contributed by atoms with Crippen molar-refractivity contribution in [1.82, 2.24) is 15.5 Å². The van der Waals surface area contributed by atoms with Gasteiger partial charge in [0.05, 0.1) is 0 Å². The van der Waals surface area contributed by atoms with E-state index >= 15 is 0 Å². The van der Waals surface area contributed by atoms with Crippen LogP contribution >= 0.6 is 11.6 Å². The largest absolute Gasteiger partial charge is 0.351 e. The summed E-state index contributed by atoms with van der Waals surface area (Å²) in [5.74, 6) is -0.448. The van der Waals surface area contributed by atoms with Crippen molar-refractivity contribution in [3.63, 3.8) is 0 Å². The number of hydrogen-bond acceptors (Lipinski definition) is 3. The standard InChI is InChI=1S/C24H29ClN4O3/c1-16-6-3-4-7-18(16)14-22(26-17(2)30)23(31)27-20-10-12-29(13-11-20)24(32)28-21-9-5-8-19(25)15-21/h3-9,15,20,22H,10-14H2,1-2H3,(H,26,30)(H,27,31)(H,28,32)/t22-/m1/s1. The predicted molar refractivity (Wildman–Crippen MR) is 126 cm³/mol. The number of halogens is 1. The fraction of sp³-hybridized carbons (Fsp3) is 0.375. The normalized spacial score (nSPS) is 15.0. The number of rotatable bonds is 6. The number of nitrogens with one attached hydrogen (secondary N) is 3. The fourth-order valence-electron chi connectivity index (χ4n) is 3.81. The average molecular weight is 457 g/mol. The number of nitrogens with zero attached hydrogens (tertiary/aromatic N) is 1. The predicted octanol–water partition coefficient (Wildman–Crippen LogP) is 3.51. The fourth-order valence-corrected chi connectivity index (χ4v) is 4.00. The molecule has 8 heteroatoms. The lowest BCUT2D eigenvalue weighted by molar-refractivity contribution is -0.128.